The van der Waals surface area contributed by atoms with Crippen LogP contribution in [0.25, 0.3) is 0 Å². The largest absolute Gasteiger partial charge is 0.396 e. The molecule has 3 aliphatic heterocycles. The van der Waals surface area contributed by atoms with Crippen molar-refractivity contribution in [2.45, 2.75) is 71.1 Å². The van der Waals surface area contributed by atoms with Gasteiger partial charge in [0.2, 0.25) is 5.95 Å². The van der Waals surface area contributed by atoms with Crippen LogP contribution in [0, 0.1) is 12.8 Å². The molecule has 0 saturated carbocycles. The highest BCUT2D eigenvalue weighted by molar-refractivity contribution is 5.38. The quantitative estimate of drug-likeness (QED) is 0.837. The maximum atomic E-state index is 9.53. The summed E-state index contributed by atoms with van der Waals surface area (Å²) in [5.41, 5.74) is 5.05. The predicted molar refractivity (Wildman–Crippen MR) is 112 cm³/mol. The minimum Gasteiger partial charge on any atom is -0.396 e. The molecule has 156 valence electrons. The summed E-state index contributed by atoms with van der Waals surface area (Å²) in [7, 11) is 0. The van der Waals surface area contributed by atoms with Gasteiger partial charge in [-0.2, -0.15) is 5.10 Å². The summed E-state index contributed by atoms with van der Waals surface area (Å²) in [6.07, 6.45) is 9.94. The molecular formula is C22H32N6O. The third-order valence-corrected chi connectivity index (χ3v) is 7.10. The number of nitrogens with zero attached hydrogens (tertiary/aromatic N) is 6. The molecule has 3 atom stereocenters. The fourth-order valence-corrected chi connectivity index (χ4v) is 5.43. The Bertz CT molecular complexity index is 880. The standard InChI is InChI=1S/C22H32N6O/c1-3-27-12-17(15(2)25-27)13-28-18-6-7-21(28)19-10-23-22(24-20(19)9-18)26-8-4-5-16(11-26)14-29/h10,12,16,18,21,29H,3-9,11,13-14H2,1-2H3/t16-,18+,21+/m1/s1. The van der Waals surface area contributed by atoms with Gasteiger partial charge in [-0.25, -0.2) is 9.97 Å². The zero-order chi connectivity index (χ0) is 20.0. The van der Waals surface area contributed by atoms with E-state index in [1.807, 2.05) is 4.68 Å². The van der Waals surface area contributed by atoms with Crippen molar-refractivity contribution in [3.8, 4) is 0 Å². The molecule has 0 aliphatic carbocycles. The molecule has 2 fully saturated rings. The van der Waals surface area contributed by atoms with Crippen LogP contribution >= 0.6 is 0 Å². The van der Waals surface area contributed by atoms with Crippen LogP contribution in [0.15, 0.2) is 12.4 Å². The average molecular weight is 397 g/mol. The minimum atomic E-state index is 0.259. The molecule has 0 unspecified atom stereocenters. The van der Waals surface area contributed by atoms with Crippen LogP contribution < -0.4 is 4.90 Å². The van der Waals surface area contributed by atoms with Crippen LogP contribution in [0.1, 0.15) is 61.2 Å². The number of aryl methyl sites for hydroxylation is 2. The normalized spacial score (nSPS) is 26.7. The second kappa shape index (κ2) is 7.69. The number of anilines is 1. The van der Waals surface area contributed by atoms with Crippen molar-refractivity contribution in [1.82, 2.24) is 24.6 Å². The second-order valence-corrected chi connectivity index (χ2v) is 8.93. The Hall–Kier alpha value is -1.99. The topological polar surface area (TPSA) is 70.3 Å². The van der Waals surface area contributed by atoms with Gasteiger partial charge in [-0.05, 0) is 45.4 Å². The van der Waals surface area contributed by atoms with Crippen LogP contribution in [-0.2, 0) is 19.5 Å². The summed E-state index contributed by atoms with van der Waals surface area (Å²) in [5, 5.41) is 14.2. The molecule has 0 spiro atoms. The van der Waals surface area contributed by atoms with Gasteiger partial charge in [0.1, 0.15) is 0 Å². The molecule has 0 aromatic carbocycles. The molecule has 1 N–H and O–H groups in total. The summed E-state index contributed by atoms with van der Waals surface area (Å²) in [6.45, 7) is 8.26. The molecule has 5 rings (SSSR count). The first-order valence-corrected chi connectivity index (χ1v) is 11.2. The maximum absolute atomic E-state index is 9.53. The summed E-state index contributed by atoms with van der Waals surface area (Å²) >= 11 is 0. The number of fused-ring (bicyclic) bond motifs is 4. The molecule has 29 heavy (non-hydrogen) atoms. The zero-order valence-corrected chi connectivity index (χ0v) is 17.6. The highest BCUT2D eigenvalue weighted by Gasteiger charge is 2.41. The van der Waals surface area contributed by atoms with Crippen LogP contribution in [0.5, 0.6) is 0 Å². The number of hydrogen-bond donors (Lipinski definition) is 1. The van der Waals surface area contributed by atoms with Gasteiger partial charge in [-0.1, -0.05) is 0 Å². The van der Waals surface area contributed by atoms with E-state index in [1.54, 1.807) is 0 Å². The lowest BCUT2D eigenvalue weighted by molar-refractivity contribution is 0.165. The Labute approximate surface area is 172 Å². The van der Waals surface area contributed by atoms with Crippen LogP contribution in [0.2, 0.25) is 0 Å². The van der Waals surface area contributed by atoms with Gasteiger partial charge < -0.3 is 10.0 Å². The minimum absolute atomic E-state index is 0.259. The first-order valence-electron chi connectivity index (χ1n) is 11.2. The van der Waals surface area contributed by atoms with Gasteiger partial charge in [0.15, 0.2) is 0 Å². The average Bonchev–Trinajstić information content (AvgIpc) is 3.25. The SMILES string of the molecule is CCn1cc(CN2[C@H]3CC[C@H]2c2cnc(N4CCC[C@@H](CO)C4)nc2C3)c(C)n1. The number of piperidine rings is 1. The number of aliphatic hydroxyl groups is 1. The smallest absolute Gasteiger partial charge is 0.225 e. The highest BCUT2D eigenvalue weighted by atomic mass is 16.3. The van der Waals surface area contributed by atoms with Crippen molar-refractivity contribution < 1.29 is 5.11 Å². The summed E-state index contributed by atoms with van der Waals surface area (Å²) in [4.78, 5) is 14.7. The summed E-state index contributed by atoms with van der Waals surface area (Å²) in [6, 6.07) is 0.986. The molecule has 5 heterocycles. The molecule has 2 aromatic heterocycles. The number of aliphatic hydroxyl groups excluding tert-OH is 1. The first kappa shape index (κ1) is 19.0. The molecule has 0 amide bonds. The Morgan fingerprint density at radius 3 is 2.93 bits per heavy atom. The lowest BCUT2D eigenvalue weighted by Gasteiger charge is -2.37. The van der Waals surface area contributed by atoms with Gasteiger partial charge in [0.05, 0.1) is 11.4 Å². The van der Waals surface area contributed by atoms with E-state index in [1.165, 1.54) is 29.7 Å². The lowest BCUT2D eigenvalue weighted by atomic mass is 9.98. The fraction of sp³-hybridized carbons (Fsp3) is 0.682. The Balaban J connectivity index is 1.37. The highest BCUT2D eigenvalue weighted by Crippen LogP contribution is 2.44. The lowest BCUT2D eigenvalue weighted by Crippen LogP contribution is -2.40. The molecule has 2 aromatic rings. The molecule has 2 bridgehead atoms. The monoisotopic (exact) mass is 396 g/mol. The number of rotatable bonds is 5. The Kier molecular flexibility index (Phi) is 5.04. The van der Waals surface area contributed by atoms with Gasteiger partial charge >= 0.3 is 0 Å². The first-order chi connectivity index (χ1) is 14.2. The van der Waals surface area contributed by atoms with Crippen LogP contribution in [0.4, 0.5) is 5.95 Å². The van der Waals surface area contributed by atoms with E-state index in [0.29, 0.717) is 18.0 Å². The van der Waals surface area contributed by atoms with Gasteiger partial charge in [0, 0.05) is 74.8 Å². The van der Waals surface area contributed by atoms with E-state index in [-0.39, 0.29) is 6.61 Å². The summed E-state index contributed by atoms with van der Waals surface area (Å²) < 4.78 is 2.04. The van der Waals surface area contributed by atoms with Gasteiger partial charge in [-0.15, -0.1) is 0 Å². The van der Waals surface area contributed by atoms with Crippen molar-refractivity contribution in [1.29, 1.82) is 0 Å². The van der Waals surface area contributed by atoms with E-state index in [4.69, 9.17) is 9.97 Å². The molecule has 0 radical (unpaired) electrons. The van der Waals surface area contributed by atoms with E-state index in [0.717, 1.165) is 57.1 Å². The molecule has 7 heteroatoms. The maximum Gasteiger partial charge on any atom is 0.225 e. The van der Waals surface area contributed by atoms with Crippen molar-refractivity contribution in [3.05, 3.63) is 34.9 Å². The molecule has 7 nitrogen and oxygen atoms in total. The summed E-state index contributed by atoms with van der Waals surface area (Å²) in [5.74, 6) is 1.21. The fourth-order valence-electron chi connectivity index (χ4n) is 5.43. The van der Waals surface area contributed by atoms with Crippen molar-refractivity contribution in [3.63, 3.8) is 0 Å². The van der Waals surface area contributed by atoms with Gasteiger partial charge in [0.25, 0.3) is 0 Å². The third-order valence-electron chi connectivity index (χ3n) is 7.10. The molecular weight excluding hydrogens is 364 g/mol. The zero-order valence-electron chi connectivity index (χ0n) is 17.6. The van der Waals surface area contributed by atoms with E-state index in [9.17, 15) is 5.11 Å². The Morgan fingerprint density at radius 2 is 2.14 bits per heavy atom. The predicted octanol–water partition coefficient (Wildman–Crippen LogP) is 2.47. The van der Waals surface area contributed by atoms with Crippen LogP contribution in [0.3, 0.4) is 0 Å². The second-order valence-electron chi connectivity index (χ2n) is 8.93. The third kappa shape index (κ3) is 3.44. The van der Waals surface area contributed by atoms with Crippen molar-refractivity contribution in [2.24, 2.45) is 5.92 Å². The Morgan fingerprint density at radius 1 is 1.24 bits per heavy atom. The molecule has 2 saturated heterocycles. The van der Waals surface area contributed by atoms with E-state index in [2.05, 4.69) is 41.1 Å². The number of aromatic nitrogens is 4. The van der Waals surface area contributed by atoms with Crippen molar-refractivity contribution >= 4 is 5.95 Å². The number of hydrogen-bond acceptors (Lipinski definition) is 6. The van der Waals surface area contributed by atoms with Crippen molar-refractivity contribution in [2.75, 3.05) is 24.6 Å². The molecule has 3 aliphatic rings. The van der Waals surface area contributed by atoms with E-state index < -0.39 is 0 Å². The van der Waals surface area contributed by atoms with E-state index >= 15 is 0 Å². The van der Waals surface area contributed by atoms with Crippen LogP contribution in [-0.4, -0.2) is 55.5 Å². The van der Waals surface area contributed by atoms with Gasteiger partial charge in [-0.3, -0.25) is 9.58 Å².